The molecule has 45 heavy (non-hydrogen) atoms. The molecule has 0 bridgehead atoms. The number of nitrogens with one attached hydrogen (secondary N) is 1. The summed E-state index contributed by atoms with van der Waals surface area (Å²) in [5, 5.41) is 24.9. The molecule has 1 aliphatic rings. The predicted octanol–water partition coefficient (Wildman–Crippen LogP) is 5.11. The summed E-state index contributed by atoms with van der Waals surface area (Å²) in [5.74, 6) is -1.46. The van der Waals surface area contributed by atoms with Crippen LogP contribution in [0.5, 0.6) is 5.75 Å². The first-order valence-electron chi connectivity index (χ1n) is 14.7. The zero-order valence-electron chi connectivity index (χ0n) is 25.3. The first-order valence-corrected chi connectivity index (χ1v) is 15.6. The molecule has 11 heteroatoms. The van der Waals surface area contributed by atoms with E-state index in [4.69, 9.17) is 4.74 Å². The highest BCUT2D eigenvalue weighted by atomic mass is 32.1. The van der Waals surface area contributed by atoms with Crippen LogP contribution in [0.3, 0.4) is 0 Å². The summed E-state index contributed by atoms with van der Waals surface area (Å²) in [6.07, 6.45) is 1.35. The minimum Gasteiger partial charge on any atom is -0.486 e. The average Bonchev–Trinajstić information content (AvgIpc) is 3.58. The molecule has 1 aromatic heterocycles. The number of amides is 2. The van der Waals surface area contributed by atoms with E-state index in [0.29, 0.717) is 36.4 Å². The van der Waals surface area contributed by atoms with Gasteiger partial charge in [0.05, 0.1) is 29.5 Å². The van der Waals surface area contributed by atoms with Crippen LogP contribution in [-0.2, 0) is 6.54 Å². The van der Waals surface area contributed by atoms with Crippen molar-refractivity contribution < 1.29 is 29.3 Å². The summed E-state index contributed by atoms with van der Waals surface area (Å²) < 4.78 is 6.63. The number of carbonyl (C=O) groups is 3. The average molecular weight is 629 g/mol. The van der Waals surface area contributed by atoms with Crippen LogP contribution in [0.2, 0.25) is 0 Å². The van der Waals surface area contributed by atoms with Gasteiger partial charge in [-0.2, -0.15) is 0 Å². The van der Waals surface area contributed by atoms with E-state index in [0.717, 1.165) is 16.1 Å². The summed E-state index contributed by atoms with van der Waals surface area (Å²) in [6, 6.07) is 18.6. The number of carboxylic acids is 1. The van der Waals surface area contributed by atoms with Crippen molar-refractivity contribution in [3.63, 3.8) is 0 Å². The van der Waals surface area contributed by atoms with Crippen molar-refractivity contribution in [2.24, 2.45) is 5.92 Å². The Morgan fingerprint density at radius 3 is 2.47 bits per heavy atom. The fraction of sp³-hybridized carbons (Fsp3) is 0.294. The first kappa shape index (κ1) is 31.8. The number of fused-ring (bicyclic) bond motifs is 1. The Hall–Kier alpha value is -4.58. The predicted molar refractivity (Wildman–Crippen MR) is 173 cm³/mol. The van der Waals surface area contributed by atoms with Crippen molar-refractivity contribution in [1.82, 2.24) is 14.8 Å². The number of likely N-dealkylation sites (N-methyl/N-ethyl adjacent to an activating group) is 1. The van der Waals surface area contributed by atoms with Crippen LogP contribution in [-0.4, -0.2) is 81.7 Å². The topological polar surface area (TPSA) is 132 Å². The van der Waals surface area contributed by atoms with Gasteiger partial charge in [0.15, 0.2) is 5.75 Å². The zero-order valence-corrected chi connectivity index (χ0v) is 26.2. The SMILES string of the molecule is C[C@H]1CN([C@@H](C)CO)C(=O)c2cccc(NC(=O)c3ccc(-c4nccs4)cc3)c2O[C@@H]1CN(C)Cc1ccc(C(=O)O)cc1. The lowest BCUT2D eigenvalue weighted by Crippen LogP contribution is -2.49. The number of thiazole rings is 1. The molecule has 3 aromatic carbocycles. The standard InChI is InChI=1S/C34H36N4O6S/c1-21-17-38(22(2)20-39)33(41)27-5-4-6-28(36-31(40)24-11-13-25(14-12-24)32-35-15-16-45-32)30(27)44-29(21)19-37(3)18-23-7-9-26(10-8-23)34(42)43/h4-16,21-22,29,39H,17-20H2,1-3H3,(H,36,40)(H,42,43)/t21-,22-,29+/m0/s1. The summed E-state index contributed by atoms with van der Waals surface area (Å²) in [6.45, 7) is 5.00. The molecule has 0 unspecified atom stereocenters. The van der Waals surface area contributed by atoms with E-state index in [9.17, 15) is 24.6 Å². The molecular weight excluding hydrogens is 592 g/mol. The van der Waals surface area contributed by atoms with Gasteiger partial charge in [-0.15, -0.1) is 11.3 Å². The third-order valence-corrected chi connectivity index (χ3v) is 8.73. The third-order valence-electron chi connectivity index (χ3n) is 7.91. The molecule has 0 spiro atoms. The zero-order chi connectivity index (χ0) is 32.1. The maximum Gasteiger partial charge on any atom is 0.335 e. The van der Waals surface area contributed by atoms with Gasteiger partial charge in [-0.1, -0.05) is 37.3 Å². The summed E-state index contributed by atoms with van der Waals surface area (Å²) in [7, 11) is 1.95. The van der Waals surface area contributed by atoms with Gasteiger partial charge >= 0.3 is 5.97 Å². The number of benzene rings is 3. The van der Waals surface area contributed by atoms with Crippen LogP contribution in [0, 0.1) is 5.92 Å². The number of aromatic carboxylic acids is 1. The second kappa shape index (κ2) is 14.0. The number of aliphatic hydroxyl groups excluding tert-OH is 1. The number of rotatable bonds is 10. The Balaban J connectivity index is 1.41. The van der Waals surface area contributed by atoms with Crippen molar-refractivity contribution in [3.05, 3.63) is 101 Å². The Bertz CT molecular complexity index is 1640. The van der Waals surface area contributed by atoms with Gasteiger partial charge in [-0.3, -0.25) is 14.5 Å². The van der Waals surface area contributed by atoms with E-state index in [1.165, 1.54) is 11.3 Å². The quantitative estimate of drug-likeness (QED) is 0.221. The Labute approximate surface area is 265 Å². The van der Waals surface area contributed by atoms with Gasteiger partial charge in [-0.25, -0.2) is 9.78 Å². The fourth-order valence-corrected chi connectivity index (χ4v) is 5.97. The van der Waals surface area contributed by atoms with E-state index in [1.807, 2.05) is 31.5 Å². The maximum atomic E-state index is 13.8. The number of para-hydroxylation sites is 1. The van der Waals surface area contributed by atoms with Crippen LogP contribution in [0.4, 0.5) is 5.69 Å². The maximum absolute atomic E-state index is 13.8. The second-order valence-electron chi connectivity index (χ2n) is 11.4. The van der Waals surface area contributed by atoms with Crippen molar-refractivity contribution in [2.45, 2.75) is 32.5 Å². The van der Waals surface area contributed by atoms with Crippen LogP contribution < -0.4 is 10.1 Å². The summed E-state index contributed by atoms with van der Waals surface area (Å²) in [5.41, 5.74) is 3.20. The fourth-order valence-electron chi connectivity index (χ4n) is 5.32. The molecule has 234 valence electrons. The van der Waals surface area contributed by atoms with Crippen molar-refractivity contribution in [1.29, 1.82) is 0 Å². The smallest absolute Gasteiger partial charge is 0.335 e. The third kappa shape index (κ3) is 7.39. The number of ether oxygens (including phenoxy) is 1. The highest BCUT2D eigenvalue weighted by molar-refractivity contribution is 7.13. The molecule has 2 heterocycles. The Kier molecular flexibility index (Phi) is 9.92. The van der Waals surface area contributed by atoms with Gasteiger partial charge in [-0.05, 0) is 55.9 Å². The normalized spacial score (nSPS) is 17.2. The molecule has 1 aliphatic heterocycles. The Morgan fingerprint density at radius 2 is 1.82 bits per heavy atom. The van der Waals surface area contributed by atoms with E-state index >= 15 is 0 Å². The largest absolute Gasteiger partial charge is 0.486 e. The lowest BCUT2D eigenvalue weighted by Gasteiger charge is -2.38. The molecule has 0 fully saturated rings. The molecule has 5 rings (SSSR count). The monoisotopic (exact) mass is 628 g/mol. The lowest BCUT2D eigenvalue weighted by atomic mass is 9.98. The molecule has 3 atom stereocenters. The van der Waals surface area contributed by atoms with Gasteiger partial charge in [0.1, 0.15) is 11.1 Å². The van der Waals surface area contributed by atoms with Gasteiger partial charge < -0.3 is 25.2 Å². The molecule has 10 nitrogen and oxygen atoms in total. The number of aliphatic hydroxyl groups is 1. The van der Waals surface area contributed by atoms with Gasteiger partial charge in [0.2, 0.25) is 0 Å². The van der Waals surface area contributed by atoms with Gasteiger partial charge in [0.25, 0.3) is 11.8 Å². The van der Waals surface area contributed by atoms with Crippen LogP contribution in [0.1, 0.15) is 50.5 Å². The summed E-state index contributed by atoms with van der Waals surface area (Å²) in [4.78, 5) is 46.5. The number of nitrogens with zero attached hydrogens (tertiary/aromatic N) is 3. The molecule has 0 saturated heterocycles. The number of hydrogen-bond donors (Lipinski definition) is 3. The van der Waals surface area contributed by atoms with E-state index in [-0.39, 0.29) is 41.8 Å². The van der Waals surface area contributed by atoms with E-state index < -0.39 is 12.0 Å². The van der Waals surface area contributed by atoms with Gasteiger partial charge in [0, 0.05) is 48.3 Å². The highest BCUT2D eigenvalue weighted by Crippen LogP contribution is 2.35. The Morgan fingerprint density at radius 1 is 1.11 bits per heavy atom. The number of anilines is 1. The molecular formula is C34H36N4O6S. The molecule has 0 saturated carbocycles. The molecule has 2 amide bonds. The lowest BCUT2D eigenvalue weighted by molar-refractivity contribution is 0.0343. The van der Waals surface area contributed by atoms with Crippen LogP contribution in [0.25, 0.3) is 10.6 Å². The molecule has 0 aliphatic carbocycles. The molecule has 0 radical (unpaired) electrons. The first-order chi connectivity index (χ1) is 21.6. The number of hydrogen-bond acceptors (Lipinski definition) is 8. The van der Waals surface area contributed by atoms with E-state index in [1.54, 1.807) is 72.6 Å². The second-order valence-corrected chi connectivity index (χ2v) is 12.3. The minimum absolute atomic E-state index is 0.130. The highest BCUT2D eigenvalue weighted by Gasteiger charge is 2.34. The van der Waals surface area contributed by atoms with Crippen LogP contribution >= 0.6 is 11.3 Å². The van der Waals surface area contributed by atoms with E-state index in [2.05, 4.69) is 15.2 Å². The summed E-state index contributed by atoms with van der Waals surface area (Å²) >= 11 is 1.52. The minimum atomic E-state index is -0.975. The van der Waals surface area contributed by atoms with Crippen molar-refractivity contribution >= 4 is 34.8 Å². The number of carboxylic acid groups (broad SMARTS) is 1. The van der Waals surface area contributed by atoms with Crippen molar-refractivity contribution in [3.8, 4) is 16.3 Å². The number of carbonyl (C=O) groups excluding carboxylic acids is 2. The van der Waals surface area contributed by atoms with Crippen molar-refractivity contribution in [2.75, 3.05) is 32.1 Å². The molecule has 4 aromatic rings. The molecule has 3 N–H and O–H groups in total. The number of aromatic nitrogens is 1. The van der Waals surface area contributed by atoms with Crippen LogP contribution in [0.15, 0.2) is 78.3 Å².